The van der Waals surface area contributed by atoms with Crippen LogP contribution < -0.4 is 21.3 Å². The van der Waals surface area contributed by atoms with Crippen molar-refractivity contribution < 1.29 is 29.0 Å². The molecule has 0 bridgehead atoms. The first-order valence-corrected chi connectivity index (χ1v) is 18.4. The molecule has 0 radical (unpaired) electrons. The van der Waals surface area contributed by atoms with E-state index in [9.17, 15) is 24.3 Å². The molecule has 0 saturated heterocycles. The number of aryl methyl sites for hydroxylation is 2. The van der Waals surface area contributed by atoms with Gasteiger partial charge >= 0.3 is 0 Å². The Labute approximate surface area is 295 Å². The van der Waals surface area contributed by atoms with Crippen LogP contribution in [0.25, 0.3) is 0 Å². The summed E-state index contributed by atoms with van der Waals surface area (Å²) in [5.74, 6) is -0.533. The van der Waals surface area contributed by atoms with Gasteiger partial charge in [0.25, 0.3) is 0 Å². The second kappa shape index (κ2) is 13.8. The van der Waals surface area contributed by atoms with Crippen molar-refractivity contribution in [3.05, 3.63) is 58.7 Å². The van der Waals surface area contributed by atoms with E-state index in [4.69, 9.17) is 4.74 Å². The highest BCUT2D eigenvalue weighted by Gasteiger charge is 2.58. The molecule has 6 rings (SSSR count). The molecule has 4 amide bonds. The van der Waals surface area contributed by atoms with Gasteiger partial charge in [0.15, 0.2) is 0 Å². The van der Waals surface area contributed by atoms with E-state index in [-0.39, 0.29) is 71.9 Å². The minimum absolute atomic E-state index is 0.0218. The molecule has 0 spiro atoms. The van der Waals surface area contributed by atoms with Crippen molar-refractivity contribution in [2.24, 2.45) is 22.7 Å². The molecule has 0 unspecified atom stereocenters. The maximum Gasteiger partial charge on any atom is 0.250 e. The van der Waals surface area contributed by atoms with Gasteiger partial charge in [-0.15, -0.1) is 0 Å². The highest BCUT2D eigenvalue weighted by Crippen LogP contribution is 2.59. The largest absolute Gasteiger partial charge is 0.508 e. The van der Waals surface area contributed by atoms with Crippen LogP contribution >= 0.6 is 0 Å². The molecular formula is C40H54N4O6. The van der Waals surface area contributed by atoms with E-state index in [0.717, 1.165) is 68.9 Å². The molecule has 2 saturated carbocycles. The summed E-state index contributed by atoms with van der Waals surface area (Å²) in [6, 6.07) is 11.7. The molecule has 270 valence electrons. The third-order valence-corrected chi connectivity index (χ3v) is 13.2. The Kier molecular flexibility index (Phi) is 9.91. The van der Waals surface area contributed by atoms with Crippen molar-refractivity contribution in [1.29, 1.82) is 0 Å². The van der Waals surface area contributed by atoms with Crippen LogP contribution in [0.15, 0.2) is 36.4 Å². The first-order chi connectivity index (χ1) is 23.7. The molecule has 2 aromatic carbocycles. The molecule has 4 aliphatic rings. The summed E-state index contributed by atoms with van der Waals surface area (Å²) in [6.07, 6.45) is 8.44. The van der Waals surface area contributed by atoms with Crippen LogP contribution in [0.4, 0.5) is 5.69 Å². The zero-order valence-corrected chi connectivity index (χ0v) is 30.3. The number of hydrogen-bond acceptors (Lipinski definition) is 7. The van der Waals surface area contributed by atoms with Crippen LogP contribution in [0.2, 0.25) is 0 Å². The van der Waals surface area contributed by atoms with Crippen molar-refractivity contribution in [2.75, 3.05) is 32.2 Å². The van der Waals surface area contributed by atoms with E-state index in [1.54, 1.807) is 13.1 Å². The van der Waals surface area contributed by atoms with Gasteiger partial charge in [0.1, 0.15) is 19.1 Å². The number of hydrogen-bond donors (Lipinski definition) is 5. The second-order valence-electron chi connectivity index (χ2n) is 16.2. The molecule has 4 aliphatic carbocycles. The predicted octanol–water partition coefficient (Wildman–Crippen LogP) is 5.00. The first kappa shape index (κ1) is 36.0. The SMILES string of the molecule is CNCC(=O)NCOCC(=O)Nc1ccc2c(c1)[C@@]1(C)CCC[C@](C)(C(=O)NC(=O)[C@@]3(C)CCC[C@]4(C)c5cc(O)ccc5CC[C@@H]34)[C@@H]1CC2. The van der Waals surface area contributed by atoms with Gasteiger partial charge in [-0.1, -0.05) is 52.7 Å². The fourth-order valence-electron chi connectivity index (χ4n) is 10.6. The number of anilines is 1. The Balaban J connectivity index is 1.16. The summed E-state index contributed by atoms with van der Waals surface area (Å²) in [6.45, 7) is 8.50. The average Bonchev–Trinajstić information content (AvgIpc) is 3.07. The summed E-state index contributed by atoms with van der Waals surface area (Å²) >= 11 is 0. The van der Waals surface area contributed by atoms with Crippen molar-refractivity contribution in [1.82, 2.24) is 16.0 Å². The van der Waals surface area contributed by atoms with Crippen LogP contribution in [-0.4, -0.2) is 55.7 Å². The summed E-state index contributed by atoms with van der Waals surface area (Å²) in [5.41, 5.74) is 3.45. The number of phenols is 1. The third kappa shape index (κ3) is 6.34. The Morgan fingerprint density at radius 3 is 1.92 bits per heavy atom. The number of ether oxygens (including phenoxy) is 1. The summed E-state index contributed by atoms with van der Waals surface area (Å²) in [5, 5.41) is 21.6. The zero-order chi connectivity index (χ0) is 35.9. The molecule has 0 aromatic heterocycles. The van der Waals surface area contributed by atoms with Gasteiger partial charge in [0.05, 0.1) is 17.4 Å². The number of nitrogens with one attached hydrogen (secondary N) is 4. The molecule has 5 N–H and O–H groups in total. The van der Waals surface area contributed by atoms with Gasteiger partial charge in [-0.2, -0.15) is 0 Å². The van der Waals surface area contributed by atoms with E-state index in [2.05, 4.69) is 48.1 Å². The number of rotatable bonds is 9. The maximum atomic E-state index is 14.5. The Bertz CT molecular complexity index is 1680. The number of carbonyl (C=O) groups excluding carboxylic acids is 4. The fraction of sp³-hybridized carbons (Fsp3) is 0.600. The Hall–Kier alpha value is -3.76. The standard InChI is InChI=1S/C40H54N4O6/c1-37-16-6-18-39(3,31(37)14-10-25-8-12-27(20-29(25)37)43-34(47)23-50-24-42-33(46)22-41-5)35(48)44-36(49)40(4)19-7-17-38(2)30-21-28(45)13-9-26(30)11-15-32(38)40/h8-9,12-13,20-21,31-32,41,45H,6-7,10-11,14-19,22-24H2,1-5H3,(H,42,46)(H,43,47)(H,44,48,49)/t31-,32-,37-,38-,39+,40+/m1/s1. The topological polar surface area (TPSA) is 146 Å². The van der Waals surface area contributed by atoms with Gasteiger partial charge in [0.2, 0.25) is 23.6 Å². The van der Waals surface area contributed by atoms with Crippen LogP contribution in [0.5, 0.6) is 5.75 Å². The van der Waals surface area contributed by atoms with Crippen molar-refractivity contribution in [2.45, 2.75) is 103 Å². The van der Waals surface area contributed by atoms with Gasteiger partial charge in [-0.25, -0.2) is 0 Å². The molecule has 10 heteroatoms. The molecular weight excluding hydrogens is 632 g/mol. The minimum Gasteiger partial charge on any atom is -0.508 e. The fourth-order valence-corrected chi connectivity index (χ4v) is 10.6. The van der Waals surface area contributed by atoms with Crippen LogP contribution in [0.1, 0.15) is 101 Å². The minimum atomic E-state index is -0.732. The molecule has 0 aliphatic heterocycles. The first-order valence-electron chi connectivity index (χ1n) is 18.4. The number of likely N-dealkylation sites (N-methyl/N-ethyl adjacent to an activating group) is 1. The predicted molar refractivity (Wildman–Crippen MR) is 191 cm³/mol. The normalized spacial score (nSPS) is 31.2. The number of benzene rings is 2. The maximum absolute atomic E-state index is 14.5. The van der Waals surface area contributed by atoms with Gasteiger partial charge < -0.3 is 25.8 Å². The van der Waals surface area contributed by atoms with Crippen LogP contribution in [-0.2, 0) is 47.6 Å². The van der Waals surface area contributed by atoms with E-state index < -0.39 is 10.8 Å². The number of imide groups is 1. The monoisotopic (exact) mass is 686 g/mol. The van der Waals surface area contributed by atoms with E-state index in [1.807, 2.05) is 31.2 Å². The van der Waals surface area contributed by atoms with Crippen molar-refractivity contribution in [3.63, 3.8) is 0 Å². The number of amides is 4. The summed E-state index contributed by atoms with van der Waals surface area (Å²) in [7, 11) is 1.68. The molecule has 6 atom stereocenters. The lowest BCUT2D eigenvalue weighted by Gasteiger charge is -2.56. The van der Waals surface area contributed by atoms with E-state index in [1.165, 1.54) is 11.1 Å². The number of phenolic OH excluding ortho intramolecular Hbond substituents is 1. The number of carbonyl (C=O) groups is 4. The Morgan fingerprint density at radius 2 is 1.34 bits per heavy atom. The molecule has 50 heavy (non-hydrogen) atoms. The van der Waals surface area contributed by atoms with Gasteiger partial charge in [-0.3, -0.25) is 24.5 Å². The van der Waals surface area contributed by atoms with Crippen molar-refractivity contribution >= 4 is 29.3 Å². The number of aromatic hydroxyl groups is 1. The lowest BCUT2D eigenvalue weighted by Crippen LogP contribution is -2.60. The highest BCUT2D eigenvalue weighted by molar-refractivity contribution is 6.01. The Morgan fingerprint density at radius 1 is 0.780 bits per heavy atom. The van der Waals surface area contributed by atoms with Gasteiger partial charge in [-0.05, 0) is 128 Å². The molecule has 0 heterocycles. The van der Waals surface area contributed by atoms with E-state index >= 15 is 0 Å². The lowest BCUT2D eigenvalue weighted by atomic mass is 9.49. The molecule has 2 aromatic rings. The summed E-state index contributed by atoms with van der Waals surface area (Å²) < 4.78 is 5.34. The number of fused-ring (bicyclic) bond motifs is 6. The molecule has 2 fully saturated rings. The zero-order valence-electron chi connectivity index (χ0n) is 30.3. The molecule has 10 nitrogen and oxygen atoms in total. The van der Waals surface area contributed by atoms with Crippen molar-refractivity contribution in [3.8, 4) is 5.75 Å². The van der Waals surface area contributed by atoms with Gasteiger partial charge in [0, 0.05) is 5.69 Å². The highest BCUT2D eigenvalue weighted by atomic mass is 16.5. The lowest BCUT2D eigenvalue weighted by molar-refractivity contribution is -0.150. The second-order valence-corrected chi connectivity index (χ2v) is 16.2. The van der Waals surface area contributed by atoms with Crippen LogP contribution in [0, 0.1) is 22.7 Å². The smallest absolute Gasteiger partial charge is 0.250 e. The van der Waals surface area contributed by atoms with E-state index in [0.29, 0.717) is 12.1 Å². The quantitative estimate of drug-likeness (QED) is 0.142. The summed E-state index contributed by atoms with van der Waals surface area (Å²) in [4.78, 5) is 53.1. The van der Waals surface area contributed by atoms with Crippen LogP contribution in [0.3, 0.4) is 0 Å². The average molecular weight is 687 g/mol. The third-order valence-electron chi connectivity index (χ3n) is 13.2.